The van der Waals surface area contributed by atoms with E-state index in [1.54, 1.807) is 31.2 Å². The summed E-state index contributed by atoms with van der Waals surface area (Å²) in [7, 11) is 1.51. The molecule has 1 atom stereocenters. The number of amides is 1. The van der Waals surface area contributed by atoms with Gasteiger partial charge in [-0.05, 0) is 13.3 Å². The largest absolute Gasteiger partial charge is 0.358 e. The molecule has 0 aliphatic carbocycles. The first kappa shape index (κ1) is 13.9. The van der Waals surface area contributed by atoms with Crippen LogP contribution in [0.15, 0.2) is 36.9 Å². The van der Waals surface area contributed by atoms with E-state index in [4.69, 9.17) is 0 Å². The van der Waals surface area contributed by atoms with Crippen molar-refractivity contribution >= 4 is 11.6 Å². The third kappa shape index (κ3) is 2.40. The summed E-state index contributed by atoms with van der Waals surface area (Å²) in [4.78, 5) is 22.6. The van der Waals surface area contributed by atoms with Gasteiger partial charge in [-0.3, -0.25) is 14.9 Å². The second-order valence-corrected chi connectivity index (χ2v) is 4.18. The molecule has 0 bridgehead atoms. The fourth-order valence-corrected chi connectivity index (χ4v) is 1.99. The van der Waals surface area contributed by atoms with Crippen LogP contribution in [-0.2, 0) is 10.2 Å². The van der Waals surface area contributed by atoms with E-state index < -0.39 is 10.3 Å². The molecule has 0 saturated heterocycles. The smallest absolute Gasteiger partial charge is 0.273 e. The maximum atomic E-state index is 12.0. The number of nitro groups is 1. The van der Waals surface area contributed by atoms with Gasteiger partial charge in [0.05, 0.1) is 10.3 Å². The Kier molecular flexibility index (Phi) is 4.20. The molecule has 0 spiro atoms. The lowest BCUT2D eigenvalue weighted by Crippen LogP contribution is -2.40. The highest BCUT2D eigenvalue weighted by Crippen LogP contribution is 2.34. The van der Waals surface area contributed by atoms with Crippen LogP contribution in [0, 0.1) is 10.1 Å². The van der Waals surface area contributed by atoms with Crippen molar-refractivity contribution in [3.05, 3.63) is 52.6 Å². The predicted molar refractivity (Wildman–Crippen MR) is 69.3 cm³/mol. The number of allylic oxidation sites excluding steroid dienone is 1. The maximum absolute atomic E-state index is 12.0. The molecule has 0 heterocycles. The highest BCUT2D eigenvalue weighted by Gasteiger charge is 2.38. The number of para-hydroxylation sites is 1. The average molecular weight is 248 g/mol. The van der Waals surface area contributed by atoms with Crippen molar-refractivity contribution in [1.82, 2.24) is 5.32 Å². The van der Waals surface area contributed by atoms with Gasteiger partial charge in [0.1, 0.15) is 0 Å². The van der Waals surface area contributed by atoms with Gasteiger partial charge in [-0.2, -0.15) is 0 Å². The van der Waals surface area contributed by atoms with Gasteiger partial charge in [-0.1, -0.05) is 24.3 Å². The summed E-state index contributed by atoms with van der Waals surface area (Å²) >= 11 is 0. The number of nitro benzene ring substituents is 1. The third-order valence-electron chi connectivity index (χ3n) is 2.98. The van der Waals surface area contributed by atoms with Gasteiger partial charge in [0, 0.05) is 18.7 Å². The SMILES string of the molecule is C=CCC(C)(C(=O)NC)c1ccccc1[N+](=O)[O-]. The molecule has 5 nitrogen and oxygen atoms in total. The molecule has 0 radical (unpaired) electrons. The lowest BCUT2D eigenvalue weighted by molar-refractivity contribution is -0.386. The monoisotopic (exact) mass is 248 g/mol. The number of rotatable bonds is 5. The lowest BCUT2D eigenvalue weighted by atomic mass is 9.77. The summed E-state index contributed by atoms with van der Waals surface area (Å²) in [5.41, 5.74) is -0.639. The van der Waals surface area contributed by atoms with E-state index in [2.05, 4.69) is 11.9 Å². The van der Waals surface area contributed by atoms with E-state index in [0.29, 0.717) is 12.0 Å². The number of carbonyl (C=O) groups is 1. The van der Waals surface area contributed by atoms with Crippen LogP contribution < -0.4 is 5.32 Å². The van der Waals surface area contributed by atoms with E-state index >= 15 is 0 Å². The molecule has 0 saturated carbocycles. The van der Waals surface area contributed by atoms with Crippen LogP contribution in [0.4, 0.5) is 5.69 Å². The summed E-state index contributed by atoms with van der Waals surface area (Å²) in [6.45, 7) is 5.29. The fourth-order valence-electron chi connectivity index (χ4n) is 1.99. The molecule has 18 heavy (non-hydrogen) atoms. The van der Waals surface area contributed by atoms with Gasteiger partial charge >= 0.3 is 0 Å². The Hall–Kier alpha value is -2.17. The van der Waals surface area contributed by atoms with Crippen LogP contribution in [-0.4, -0.2) is 17.9 Å². The molecule has 1 aromatic carbocycles. The van der Waals surface area contributed by atoms with E-state index in [1.807, 2.05) is 0 Å². The first-order valence-corrected chi connectivity index (χ1v) is 5.54. The molecule has 1 amide bonds. The fraction of sp³-hybridized carbons (Fsp3) is 0.308. The standard InChI is InChI=1S/C13H16N2O3/c1-4-9-13(2,12(16)14-3)10-7-5-6-8-11(10)15(17)18/h4-8H,1,9H2,2-3H3,(H,14,16). The van der Waals surface area contributed by atoms with Crippen LogP contribution in [0.2, 0.25) is 0 Å². The summed E-state index contributed by atoms with van der Waals surface area (Å²) in [6, 6.07) is 6.28. The minimum atomic E-state index is -0.986. The topological polar surface area (TPSA) is 72.2 Å². The number of hydrogen-bond donors (Lipinski definition) is 1. The highest BCUT2D eigenvalue weighted by molar-refractivity contribution is 5.89. The normalized spacial score (nSPS) is 13.4. The Morgan fingerprint density at radius 3 is 2.67 bits per heavy atom. The molecule has 96 valence electrons. The Labute approximate surface area is 106 Å². The summed E-state index contributed by atoms with van der Waals surface area (Å²) in [6.07, 6.45) is 1.92. The average Bonchev–Trinajstić information content (AvgIpc) is 2.37. The van der Waals surface area contributed by atoms with Gasteiger partial charge in [0.2, 0.25) is 5.91 Å². The van der Waals surface area contributed by atoms with Gasteiger partial charge in [-0.25, -0.2) is 0 Å². The number of nitrogens with zero attached hydrogens (tertiary/aromatic N) is 1. The van der Waals surface area contributed by atoms with E-state index in [-0.39, 0.29) is 11.6 Å². The molecule has 0 fully saturated rings. The zero-order valence-electron chi connectivity index (χ0n) is 10.5. The van der Waals surface area contributed by atoms with Crippen molar-refractivity contribution in [3.63, 3.8) is 0 Å². The zero-order chi connectivity index (χ0) is 13.8. The minimum absolute atomic E-state index is 0.0505. The highest BCUT2D eigenvalue weighted by atomic mass is 16.6. The van der Waals surface area contributed by atoms with Crippen molar-refractivity contribution < 1.29 is 9.72 Å². The quantitative estimate of drug-likeness (QED) is 0.493. The Balaban J connectivity index is 3.43. The Morgan fingerprint density at radius 2 is 2.17 bits per heavy atom. The number of benzene rings is 1. The predicted octanol–water partition coefficient (Wildman–Crippen LogP) is 2.17. The number of carbonyl (C=O) groups excluding carboxylic acids is 1. The van der Waals surface area contributed by atoms with Crippen molar-refractivity contribution in [2.45, 2.75) is 18.8 Å². The summed E-state index contributed by atoms with van der Waals surface area (Å²) in [5, 5.41) is 13.6. The van der Waals surface area contributed by atoms with Crippen LogP contribution in [0.1, 0.15) is 18.9 Å². The van der Waals surface area contributed by atoms with Crippen LogP contribution >= 0.6 is 0 Å². The second-order valence-electron chi connectivity index (χ2n) is 4.18. The van der Waals surface area contributed by atoms with Gasteiger partial charge < -0.3 is 5.32 Å². The summed E-state index contributed by atoms with van der Waals surface area (Å²) in [5.74, 6) is -0.267. The Morgan fingerprint density at radius 1 is 1.56 bits per heavy atom. The molecule has 1 N–H and O–H groups in total. The second kappa shape index (κ2) is 5.44. The van der Waals surface area contributed by atoms with E-state index in [9.17, 15) is 14.9 Å². The van der Waals surface area contributed by atoms with E-state index in [1.165, 1.54) is 13.1 Å². The molecule has 0 aliphatic rings. The molecule has 0 aromatic heterocycles. The minimum Gasteiger partial charge on any atom is -0.358 e. The molecule has 1 aromatic rings. The lowest BCUT2D eigenvalue weighted by Gasteiger charge is -2.26. The van der Waals surface area contributed by atoms with E-state index in [0.717, 1.165) is 0 Å². The number of likely N-dealkylation sites (N-methyl/N-ethyl adjacent to an activating group) is 1. The zero-order valence-corrected chi connectivity index (χ0v) is 10.5. The maximum Gasteiger partial charge on any atom is 0.273 e. The first-order valence-electron chi connectivity index (χ1n) is 5.54. The molecule has 1 unspecified atom stereocenters. The van der Waals surface area contributed by atoms with Crippen molar-refractivity contribution in [1.29, 1.82) is 0 Å². The summed E-state index contributed by atoms with van der Waals surface area (Å²) < 4.78 is 0. The van der Waals surface area contributed by atoms with Crippen LogP contribution in [0.5, 0.6) is 0 Å². The Bertz CT molecular complexity index is 485. The van der Waals surface area contributed by atoms with Crippen LogP contribution in [0.25, 0.3) is 0 Å². The number of hydrogen-bond acceptors (Lipinski definition) is 3. The van der Waals surface area contributed by atoms with Crippen molar-refractivity contribution in [3.8, 4) is 0 Å². The van der Waals surface area contributed by atoms with Crippen molar-refractivity contribution in [2.24, 2.45) is 0 Å². The molecule has 5 heteroatoms. The van der Waals surface area contributed by atoms with Crippen LogP contribution in [0.3, 0.4) is 0 Å². The first-order chi connectivity index (χ1) is 8.47. The third-order valence-corrected chi connectivity index (χ3v) is 2.98. The van der Waals surface area contributed by atoms with Gasteiger partial charge in [0.15, 0.2) is 0 Å². The molecular formula is C13H16N2O3. The molecular weight excluding hydrogens is 232 g/mol. The van der Waals surface area contributed by atoms with Gasteiger partial charge in [-0.15, -0.1) is 6.58 Å². The number of nitrogens with one attached hydrogen (secondary N) is 1. The van der Waals surface area contributed by atoms with Crippen molar-refractivity contribution in [2.75, 3.05) is 7.05 Å². The van der Waals surface area contributed by atoms with Gasteiger partial charge in [0.25, 0.3) is 5.69 Å². The molecule has 0 aliphatic heterocycles. The molecule has 1 rings (SSSR count).